The van der Waals surface area contributed by atoms with E-state index in [0.29, 0.717) is 25.0 Å². The predicted octanol–water partition coefficient (Wildman–Crippen LogP) is 1.73. The summed E-state index contributed by atoms with van der Waals surface area (Å²) in [6, 6.07) is 0.672. The predicted molar refractivity (Wildman–Crippen MR) is 64.3 cm³/mol. The van der Waals surface area contributed by atoms with Crippen molar-refractivity contribution >= 4 is 6.03 Å². The lowest BCUT2D eigenvalue weighted by Gasteiger charge is -2.38. The van der Waals surface area contributed by atoms with Crippen molar-refractivity contribution in [2.24, 2.45) is 0 Å². The van der Waals surface area contributed by atoms with Crippen molar-refractivity contribution in [3.8, 4) is 0 Å². The lowest BCUT2D eigenvalue weighted by atomic mass is 9.98. The Labute approximate surface area is 98.0 Å². The summed E-state index contributed by atoms with van der Waals surface area (Å²) in [6.45, 7) is 6.48. The highest BCUT2D eigenvalue weighted by Gasteiger charge is 2.28. The molecule has 2 amide bonds. The lowest BCUT2D eigenvalue weighted by Crippen LogP contribution is -2.52. The van der Waals surface area contributed by atoms with E-state index in [-0.39, 0.29) is 12.1 Å². The molecule has 4 nitrogen and oxygen atoms in total. The molecule has 1 aliphatic heterocycles. The van der Waals surface area contributed by atoms with Crippen LogP contribution in [0, 0.1) is 0 Å². The summed E-state index contributed by atoms with van der Waals surface area (Å²) >= 11 is 0. The Morgan fingerprint density at radius 3 is 2.50 bits per heavy atom. The number of hydrogen-bond donors (Lipinski definition) is 2. The molecule has 0 aliphatic carbocycles. The number of hydrogen-bond acceptors (Lipinski definition) is 2. The minimum atomic E-state index is -0.350. The third-order valence-corrected chi connectivity index (χ3v) is 3.27. The van der Waals surface area contributed by atoms with Crippen LogP contribution in [0.5, 0.6) is 0 Å². The maximum absolute atomic E-state index is 11.9. The minimum absolute atomic E-state index is 0.0142. The van der Waals surface area contributed by atoms with Gasteiger partial charge in [-0.1, -0.05) is 0 Å². The number of likely N-dealkylation sites (tertiary alicyclic amines) is 1. The van der Waals surface area contributed by atoms with Gasteiger partial charge in [0.2, 0.25) is 0 Å². The zero-order valence-corrected chi connectivity index (χ0v) is 10.6. The zero-order chi connectivity index (χ0) is 12.1. The Morgan fingerprint density at radius 1 is 1.44 bits per heavy atom. The van der Waals surface area contributed by atoms with E-state index in [0.717, 1.165) is 12.8 Å². The second-order valence-electron chi connectivity index (χ2n) is 4.91. The number of amides is 2. The van der Waals surface area contributed by atoms with Gasteiger partial charge in [0.15, 0.2) is 0 Å². The van der Waals surface area contributed by atoms with Crippen molar-refractivity contribution in [3.63, 3.8) is 0 Å². The number of aliphatic hydroxyl groups excluding tert-OH is 1. The van der Waals surface area contributed by atoms with Crippen molar-refractivity contribution in [2.75, 3.05) is 6.54 Å². The number of piperidine rings is 1. The standard InChI is InChI=1S/C12H24N2O2/c1-9-5-4-6-10(2)14(9)12(16)13-8-7-11(3)15/h9-11,15H,4-8H2,1-3H3,(H,13,16). The third-order valence-electron chi connectivity index (χ3n) is 3.27. The van der Waals surface area contributed by atoms with Gasteiger partial charge in [-0.05, 0) is 46.5 Å². The molecular weight excluding hydrogens is 204 g/mol. The Balaban J connectivity index is 2.39. The van der Waals surface area contributed by atoms with Crippen LogP contribution in [0.2, 0.25) is 0 Å². The minimum Gasteiger partial charge on any atom is -0.393 e. The fourth-order valence-electron chi connectivity index (χ4n) is 2.30. The third kappa shape index (κ3) is 3.67. The van der Waals surface area contributed by atoms with Crippen LogP contribution in [0.1, 0.15) is 46.5 Å². The van der Waals surface area contributed by atoms with Gasteiger partial charge in [0, 0.05) is 18.6 Å². The summed E-state index contributed by atoms with van der Waals surface area (Å²) in [7, 11) is 0. The first-order valence-corrected chi connectivity index (χ1v) is 6.26. The van der Waals surface area contributed by atoms with Crippen LogP contribution in [-0.2, 0) is 0 Å². The van der Waals surface area contributed by atoms with E-state index in [1.54, 1.807) is 6.92 Å². The first-order chi connectivity index (χ1) is 7.52. The normalized spacial score (nSPS) is 27.6. The van der Waals surface area contributed by atoms with Crippen LogP contribution in [0.15, 0.2) is 0 Å². The van der Waals surface area contributed by atoms with Crippen LogP contribution < -0.4 is 5.32 Å². The molecular formula is C12H24N2O2. The van der Waals surface area contributed by atoms with Gasteiger partial charge in [-0.2, -0.15) is 0 Å². The zero-order valence-electron chi connectivity index (χ0n) is 10.6. The van der Waals surface area contributed by atoms with Crippen LogP contribution in [-0.4, -0.2) is 40.8 Å². The highest BCUT2D eigenvalue weighted by atomic mass is 16.3. The van der Waals surface area contributed by atoms with E-state index in [4.69, 9.17) is 5.11 Å². The molecule has 1 saturated heterocycles. The van der Waals surface area contributed by atoms with Gasteiger partial charge in [0.25, 0.3) is 0 Å². The molecule has 1 heterocycles. The van der Waals surface area contributed by atoms with Crippen LogP contribution in [0.25, 0.3) is 0 Å². The van der Waals surface area contributed by atoms with Gasteiger partial charge in [0.1, 0.15) is 0 Å². The van der Waals surface area contributed by atoms with Gasteiger partial charge in [0.05, 0.1) is 6.10 Å². The number of carbonyl (C=O) groups is 1. The monoisotopic (exact) mass is 228 g/mol. The van der Waals surface area contributed by atoms with Crippen molar-refractivity contribution < 1.29 is 9.90 Å². The second kappa shape index (κ2) is 6.09. The van der Waals surface area contributed by atoms with Crippen molar-refractivity contribution in [1.82, 2.24) is 10.2 Å². The Kier molecular flexibility index (Phi) is 5.06. The summed E-state index contributed by atoms with van der Waals surface area (Å²) in [5.41, 5.74) is 0. The largest absolute Gasteiger partial charge is 0.393 e. The van der Waals surface area contributed by atoms with Gasteiger partial charge >= 0.3 is 6.03 Å². The van der Waals surface area contributed by atoms with Crippen molar-refractivity contribution in [1.29, 1.82) is 0 Å². The van der Waals surface area contributed by atoms with Crippen molar-refractivity contribution in [2.45, 2.75) is 64.6 Å². The Bertz CT molecular complexity index is 221. The number of aliphatic hydroxyl groups is 1. The molecule has 0 saturated carbocycles. The average molecular weight is 228 g/mol. The number of nitrogens with one attached hydrogen (secondary N) is 1. The maximum Gasteiger partial charge on any atom is 0.317 e. The molecule has 16 heavy (non-hydrogen) atoms. The number of nitrogens with zero attached hydrogens (tertiary/aromatic N) is 1. The van der Waals surface area contributed by atoms with E-state index in [2.05, 4.69) is 19.2 Å². The molecule has 4 heteroatoms. The average Bonchev–Trinajstić information content (AvgIpc) is 2.16. The first kappa shape index (κ1) is 13.3. The maximum atomic E-state index is 11.9. The summed E-state index contributed by atoms with van der Waals surface area (Å²) < 4.78 is 0. The second-order valence-corrected chi connectivity index (χ2v) is 4.91. The van der Waals surface area contributed by atoms with Gasteiger partial charge in [-0.15, -0.1) is 0 Å². The summed E-state index contributed by atoms with van der Waals surface area (Å²) in [6.07, 6.45) is 3.65. The smallest absolute Gasteiger partial charge is 0.317 e. The molecule has 0 radical (unpaired) electrons. The molecule has 1 fully saturated rings. The summed E-state index contributed by atoms with van der Waals surface area (Å²) in [4.78, 5) is 13.9. The van der Waals surface area contributed by atoms with E-state index in [9.17, 15) is 4.79 Å². The van der Waals surface area contributed by atoms with E-state index in [1.165, 1.54) is 6.42 Å². The van der Waals surface area contributed by atoms with Gasteiger partial charge in [-0.3, -0.25) is 0 Å². The Hall–Kier alpha value is -0.770. The first-order valence-electron chi connectivity index (χ1n) is 6.26. The van der Waals surface area contributed by atoms with E-state index >= 15 is 0 Å². The topological polar surface area (TPSA) is 52.6 Å². The molecule has 3 unspecified atom stereocenters. The van der Waals surface area contributed by atoms with Crippen LogP contribution >= 0.6 is 0 Å². The van der Waals surface area contributed by atoms with Crippen molar-refractivity contribution in [3.05, 3.63) is 0 Å². The quantitative estimate of drug-likeness (QED) is 0.773. The molecule has 2 N–H and O–H groups in total. The SMILES string of the molecule is CC(O)CCNC(=O)N1C(C)CCCC1C. The molecule has 1 rings (SSSR count). The van der Waals surface area contributed by atoms with E-state index < -0.39 is 0 Å². The van der Waals surface area contributed by atoms with Gasteiger partial charge in [-0.25, -0.2) is 4.79 Å². The molecule has 0 aromatic rings. The number of carbonyl (C=O) groups excluding carboxylic acids is 1. The molecule has 94 valence electrons. The Morgan fingerprint density at radius 2 is 2.00 bits per heavy atom. The molecule has 0 bridgehead atoms. The summed E-state index contributed by atoms with van der Waals surface area (Å²) in [5, 5.41) is 12.0. The number of rotatable bonds is 3. The molecule has 3 atom stereocenters. The van der Waals surface area contributed by atoms with Gasteiger partial charge < -0.3 is 15.3 Å². The number of urea groups is 1. The lowest BCUT2D eigenvalue weighted by molar-refractivity contribution is 0.121. The molecule has 1 aliphatic rings. The van der Waals surface area contributed by atoms with Crippen LogP contribution in [0.3, 0.4) is 0 Å². The molecule has 0 aromatic carbocycles. The fourth-order valence-corrected chi connectivity index (χ4v) is 2.30. The highest BCUT2D eigenvalue weighted by Crippen LogP contribution is 2.22. The summed E-state index contributed by atoms with van der Waals surface area (Å²) in [5.74, 6) is 0. The molecule has 0 aromatic heterocycles. The van der Waals surface area contributed by atoms with Crippen LogP contribution in [0.4, 0.5) is 4.79 Å². The molecule has 0 spiro atoms. The van der Waals surface area contributed by atoms with E-state index in [1.807, 2.05) is 4.90 Å². The highest BCUT2D eigenvalue weighted by molar-refractivity contribution is 5.74. The fraction of sp³-hybridized carbons (Fsp3) is 0.917.